The van der Waals surface area contributed by atoms with E-state index in [9.17, 15) is 0 Å². The van der Waals surface area contributed by atoms with Crippen LogP contribution < -0.4 is 0 Å². The van der Waals surface area contributed by atoms with Crippen molar-refractivity contribution in [1.29, 1.82) is 0 Å². The van der Waals surface area contributed by atoms with Crippen molar-refractivity contribution >= 4 is 34.8 Å². The molecular weight excluding hydrogens is 166 g/mol. The van der Waals surface area contributed by atoms with Gasteiger partial charge < -0.3 is 0 Å². The molecule has 0 spiro atoms. The lowest BCUT2D eigenvalue weighted by Crippen LogP contribution is -1.63. The number of hydrogen-bond acceptors (Lipinski definition) is 0. The van der Waals surface area contributed by atoms with Gasteiger partial charge in [-0.25, -0.2) is 0 Å². The molecule has 0 aliphatic rings. The van der Waals surface area contributed by atoms with Gasteiger partial charge in [-0.2, -0.15) is 0 Å². The van der Waals surface area contributed by atoms with Crippen molar-refractivity contribution < 1.29 is 0 Å². The van der Waals surface area contributed by atoms with Gasteiger partial charge in [-0.3, -0.25) is 0 Å². The van der Waals surface area contributed by atoms with Gasteiger partial charge >= 0.3 is 0 Å². The highest BCUT2D eigenvalue weighted by atomic mass is 35.5. The fraction of sp³-hybridized carbons (Fsp3) is 0.200. The normalized spacial score (nSPS) is 8.38. The minimum absolute atomic E-state index is 0.104. The van der Waals surface area contributed by atoms with Crippen molar-refractivity contribution in [1.82, 2.24) is 0 Å². The van der Waals surface area contributed by atoms with E-state index < -0.39 is 0 Å². The molecular formula is C5H4Cl3. The zero-order chi connectivity index (χ0) is 6.57. The second kappa shape index (κ2) is 4.25. The predicted molar refractivity (Wildman–Crippen MR) is 38.1 cm³/mol. The van der Waals surface area contributed by atoms with E-state index in [0.717, 1.165) is 0 Å². The van der Waals surface area contributed by atoms with Crippen molar-refractivity contribution in [3.8, 4) is 0 Å². The highest BCUT2D eigenvalue weighted by Gasteiger charge is 1.85. The second-order valence-corrected chi connectivity index (χ2v) is 2.62. The van der Waals surface area contributed by atoms with Crippen molar-refractivity contribution in [2.24, 2.45) is 0 Å². The van der Waals surface area contributed by atoms with Crippen LogP contribution in [-0.2, 0) is 0 Å². The number of hydrogen-bond donors (Lipinski definition) is 0. The van der Waals surface area contributed by atoms with Gasteiger partial charge in [0.15, 0.2) is 0 Å². The Morgan fingerprint density at radius 2 is 1.88 bits per heavy atom. The molecule has 0 aliphatic heterocycles. The van der Waals surface area contributed by atoms with Crippen LogP contribution in [-0.4, -0.2) is 0 Å². The topological polar surface area (TPSA) is 0 Å². The summed E-state index contributed by atoms with van der Waals surface area (Å²) in [5.41, 5.74) is 0. The summed E-state index contributed by atoms with van der Waals surface area (Å²) in [4.78, 5) is 0. The molecule has 0 nitrogen and oxygen atoms in total. The van der Waals surface area contributed by atoms with E-state index in [1.807, 2.05) is 0 Å². The average Bonchev–Trinajstić information content (AvgIpc) is 1.61. The molecule has 0 fully saturated rings. The molecule has 1 radical (unpaired) electrons. The molecule has 0 aliphatic carbocycles. The zero-order valence-electron chi connectivity index (χ0n) is 4.05. The van der Waals surface area contributed by atoms with E-state index in [4.69, 9.17) is 34.8 Å². The fourth-order valence-corrected chi connectivity index (χ4v) is 0.363. The third-order valence-corrected chi connectivity index (χ3v) is 0.815. The zero-order valence-corrected chi connectivity index (χ0v) is 6.32. The molecule has 0 N–H and O–H groups in total. The SMILES string of the molecule is C=C(Cl)C[C]=C(Cl)Cl. The van der Waals surface area contributed by atoms with Gasteiger partial charge in [0, 0.05) is 11.5 Å². The Morgan fingerprint density at radius 3 is 2.00 bits per heavy atom. The monoisotopic (exact) mass is 169 g/mol. The van der Waals surface area contributed by atoms with E-state index in [0.29, 0.717) is 11.5 Å². The molecule has 8 heavy (non-hydrogen) atoms. The molecule has 0 amide bonds. The van der Waals surface area contributed by atoms with Crippen LogP contribution >= 0.6 is 34.8 Å². The van der Waals surface area contributed by atoms with Gasteiger partial charge in [-0.15, -0.1) is 0 Å². The molecule has 0 aromatic rings. The highest BCUT2D eigenvalue weighted by Crippen LogP contribution is 2.10. The predicted octanol–water partition coefficient (Wildman–Crippen LogP) is 3.25. The molecule has 0 rings (SSSR count). The lowest BCUT2D eigenvalue weighted by atomic mass is 10.4. The van der Waals surface area contributed by atoms with Crippen molar-refractivity contribution in [2.45, 2.75) is 6.42 Å². The van der Waals surface area contributed by atoms with E-state index in [1.165, 1.54) is 0 Å². The summed E-state index contributed by atoms with van der Waals surface area (Å²) in [6, 6.07) is 0. The van der Waals surface area contributed by atoms with Crippen LogP contribution in [0.15, 0.2) is 16.1 Å². The van der Waals surface area contributed by atoms with Crippen LogP contribution in [0.4, 0.5) is 0 Å². The Morgan fingerprint density at radius 1 is 1.38 bits per heavy atom. The van der Waals surface area contributed by atoms with Gasteiger partial charge in [-0.1, -0.05) is 41.4 Å². The number of halogens is 3. The van der Waals surface area contributed by atoms with E-state index in [1.54, 1.807) is 0 Å². The molecule has 45 valence electrons. The maximum absolute atomic E-state index is 5.33. The lowest BCUT2D eigenvalue weighted by molar-refractivity contribution is 1.32. The van der Waals surface area contributed by atoms with Crippen LogP contribution in [0.1, 0.15) is 6.42 Å². The molecule has 0 unspecified atom stereocenters. The van der Waals surface area contributed by atoms with Gasteiger partial charge in [-0.05, 0) is 6.08 Å². The number of rotatable bonds is 2. The lowest BCUT2D eigenvalue weighted by Gasteiger charge is -1.83. The first-order valence-electron chi connectivity index (χ1n) is 1.88. The first-order chi connectivity index (χ1) is 3.63. The summed E-state index contributed by atoms with van der Waals surface area (Å²) >= 11 is 15.7. The fourth-order valence-electron chi connectivity index (χ4n) is 0.163. The first kappa shape index (κ1) is 8.35. The maximum atomic E-state index is 5.33. The van der Waals surface area contributed by atoms with Crippen LogP contribution in [0, 0.1) is 6.08 Å². The smallest absolute Gasteiger partial charge is 0.0894 e. The molecule has 0 heterocycles. The molecule has 0 aromatic carbocycles. The van der Waals surface area contributed by atoms with E-state index >= 15 is 0 Å². The third kappa shape index (κ3) is 6.35. The molecule has 0 atom stereocenters. The average molecular weight is 170 g/mol. The van der Waals surface area contributed by atoms with Gasteiger partial charge in [0.1, 0.15) is 4.49 Å². The van der Waals surface area contributed by atoms with Gasteiger partial charge in [0.05, 0.1) is 0 Å². The minimum atomic E-state index is 0.104. The van der Waals surface area contributed by atoms with Gasteiger partial charge in [0.25, 0.3) is 0 Å². The van der Waals surface area contributed by atoms with E-state index in [2.05, 4.69) is 12.7 Å². The largest absolute Gasteiger partial charge is 0.110 e. The Balaban J connectivity index is 3.45. The molecule has 0 bridgehead atoms. The molecule has 0 saturated heterocycles. The molecule has 0 aromatic heterocycles. The Labute approximate surface area is 63.7 Å². The maximum Gasteiger partial charge on any atom is 0.110 e. The summed E-state index contributed by atoms with van der Waals surface area (Å²) in [7, 11) is 0. The van der Waals surface area contributed by atoms with Crippen molar-refractivity contribution in [2.75, 3.05) is 0 Å². The highest BCUT2D eigenvalue weighted by molar-refractivity contribution is 6.55. The molecule has 0 saturated carbocycles. The quantitative estimate of drug-likeness (QED) is 0.597. The first-order valence-corrected chi connectivity index (χ1v) is 3.01. The van der Waals surface area contributed by atoms with Crippen LogP contribution in [0.5, 0.6) is 0 Å². The minimum Gasteiger partial charge on any atom is -0.0894 e. The second-order valence-electron chi connectivity index (χ2n) is 1.13. The van der Waals surface area contributed by atoms with Gasteiger partial charge in [0.2, 0.25) is 0 Å². The third-order valence-electron chi connectivity index (χ3n) is 0.414. The van der Waals surface area contributed by atoms with Crippen LogP contribution in [0.3, 0.4) is 0 Å². The number of allylic oxidation sites excluding steroid dienone is 2. The van der Waals surface area contributed by atoms with Crippen molar-refractivity contribution in [3.63, 3.8) is 0 Å². The standard InChI is InChI=1S/C5H4Cl3/c1-4(6)2-3-5(7)8/h1-2H2. The summed E-state index contributed by atoms with van der Waals surface area (Å²) in [5, 5.41) is 0.476. The summed E-state index contributed by atoms with van der Waals surface area (Å²) < 4.78 is 0.104. The van der Waals surface area contributed by atoms with E-state index in [-0.39, 0.29) is 4.49 Å². The summed E-state index contributed by atoms with van der Waals surface area (Å²) in [5.74, 6) is 0. The molecule has 3 heteroatoms. The van der Waals surface area contributed by atoms with Crippen LogP contribution in [0.25, 0.3) is 0 Å². The van der Waals surface area contributed by atoms with Crippen LogP contribution in [0.2, 0.25) is 0 Å². The Bertz CT molecular complexity index is 111. The Hall–Kier alpha value is 0.350. The summed E-state index contributed by atoms with van der Waals surface area (Å²) in [6.45, 7) is 3.40. The van der Waals surface area contributed by atoms with Crippen molar-refractivity contribution in [3.05, 3.63) is 22.2 Å². The Kier molecular flexibility index (Phi) is 4.44. The summed E-state index contributed by atoms with van der Waals surface area (Å²) in [6.07, 6.45) is 2.97.